The van der Waals surface area contributed by atoms with Gasteiger partial charge in [-0.3, -0.25) is 9.69 Å². The van der Waals surface area contributed by atoms with Crippen molar-refractivity contribution in [1.29, 1.82) is 0 Å². The smallest absolute Gasteiger partial charge is 0.218 e. The summed E-state index contributed by atoms with van der Waals surface area (Å²) in [7, 11) is -3.31. The molecule has 0 bridgehead atoms. The van der Waals surface area contributed by atoms with Crippen LogP contribution in [-0.4, -0.2) is 63.2 Å². The fraction of sp³-hybridized carbons (Fsp3) is 0.350. The van der Waals surface area contributed by atoms with Crippen LogP contribution in [0.5, 0.6) is 5.75 Å². The van der Waals surface area contributed by atoms with Crippen LogP contribution in [0.2, 0.25) is 5.02 Å². The van der Waals surface area contributed by atoms with Crippen LogP contribution < -0.4 is 4.74 Å². The van der Waals surface area contributed by atoms with Crippen molar-refractivity contribution < 1.29 is 17.9 Å². The van der Waals surface area contributed by atoms with Crippen LogP contribution in [0, 0.1) is 0 Å². The minimum Gasteiger partial charge on any atom is -0.491 e. The van der Waals surface area contributed by atoms with Crippen molar-refractivity contribution in [3.8, 4) is 5.75 Å². The molecule has 1 aliphatic heterocycles. The van der Waals surface area contributed by atoms with E-state index in [4.69, 9.17) is 16.3 Å². The maximum Gasteiger partial charge on any atom is 0.218 e. The van der Waals surface area contributed by atoms with Crippen LogP contribution >= 0.6 is 11.6 Å². The van der Waals surface area contributed by atoms with Crippen LogP contribution in [-0.2, 0) is 15.8 Å². The number of hydrogen-bond acceptors (Lipinski definition) is 5. The largest absolute Gasteiger partial charge is 0.491 e. The van der Waals surface area contributed by atoms with Gasteiger partial charge in [0, 0.05) is 38.3 Å². The minimum atomic E-state index is -3.31. The minimum absolute atomic E-state index is 0.0340. The van der Waals surface area contributed by atoms with Gasteiger partial charge in [0.15, 0.2) is 0 Å². The molecule has 0 unspecified atom stereocenters. The van der Waals surface area contributed by atoms with Crippen molar-refractivity contribution >= 4 is 27.9 Å². The molecule has 0 aliphatic carbocycles. The third-order valence-electron chi connectivity index (χ3n) is 4.67. The first-order valence-electron chi connectivity index (χ1n) is 9.09. The highest BCUT2D eigenvalue weighted by Gasteiger charge is 2.26. The lowest BCUT2D eigenvalue weighted by Gasteiger charge is -2.33. The Morgan fingerprint density at radius 3 is 2.39 bits per heavy atom. The van der Waals surface area contributed by atoms with Crippen molar-refractivity contribution in [2.24, 2.45) is 0 Å². The molecule has 3 rings (SSSR count). The molecule has 2 aromatic carbocycles. The van der Waals surface area contributed by atoms with Gasteiger partial charge in [0.25, 0.3) is 0 Å². The van der Waals surface area contributed by atoms with Gasteiger partial charge in [-0.1, -0.05) is 41.9 Å². The van der Waals surface area contributed by atoms with E-state index in [1.807, 2.05) is 30.3 Å². The monoisotopic (exact) mass is 422 g/mol. The number of benzene rings is 2. The van der Waals surface area contributed by atoms with Gasteiger partial charge >= 0.3 is 0 Å². The molecule has 0 radical (unpaired) electrons. The Hall–Kier alpha value is -1.93. The fourth-order valence-electron chi connectivity index (χ4n) is 3.10. The zero-order valence-corrected chi connectivity index (χ0v) is 17.0. The maximum absolute atomic E-state index is 12.6. The summed E-state index contributed by atoms with van der Waals surface area (Å²) >= 11 is 6.09. The van der Waals surface area contributed by atoms with Gasteiger partial charge in [0.05, 0.1) is 10.8 Å². The highest BCUT2D eigenvalue weighted by molar-refractivity contribution is 7.88. The van der Waals surface area contributed by atoms with E-state index in [2.05, 4.69) is 4.90 Å². The van der Waals surface area contributed by atoms with E-state index in [9.17, 15) is 13.2 Å². The van der Waals surface area contributed by atoms with Gasteiger partial charge < -0.3 is 4.74 Å². The number of halogens is 1. The quantitative estimate of drug-likeness (QED) is 0.612. The van der Waals surface area contributed by atoms with Gasteiger partial charge in [0.2, 0.25) is 10.0 Å². The lowest BCUT2D eigenvalue weighted by molar-refractivity contribution is 0.112. The normalized spacial score (nSPS) is 16.0. The molecule has 28 heavy (non-hydrogen) atoms. The van der Waals surface area contributed by atoms with E-state index in [0.29, 0.717) is 55.7 Å². The fourth-order valence-corrected chi connectivity index (χ4v) is 4.86. The van der Waals surface area contributed by atoms with Crippen LogP contribution in [0.15, 0.2) is 48.5 Å². The second-order valence-electron chi connectivity index (χ2n) is 6.64. The molecule has 1 saturated heterocycles. The molecule has 6 nitrogen and oxygen atoms in total. The highest BCUT2D eigenvalue weighted by Crippen LogP contribution is 2.25. The average Bonchev–Trinajstić information content (AvgIpc) is 2.70. The summed E-state index contributed by atoms with van der Waals surface area (Å²) in [6, 6.07) is 14.1. The summed E-state index contributed by atoms with van der Waals surface area (Å²) in [5.41, 5.74) is 1.31. The molecule has 0 atom stereocenters. The molecule has 2 aromatic rings. The molecule has 0 aromatic heterocycles. The first kappa shape index (κ1) is 20.8. The number of piperazine rings is 1. The number of hydrogen-bond donors (Lipinski definition) is 0. The second kappa shape index (κ2) is 9.52. The topological polar surface area (TPSA) is 66.9 Å². The number of carbonyl (C=O) groups is 1. The van der Waals surface area contributed by atoms with Gasteiger partial charge in [-0.05, 0) is 23.8 Å². The number of carbonyl (C=O) groups excluding carboxylic acids is 1. The molecule has 0 amide bonds. The third kappa shape index (κ3) is 5.54. The first-order chi connectivity index (χ1) is 13.5. The summed E-state index contributed by atoms with van der Waals surface area (Å²) in [6.07, 6.45) is 0.737. The number of sulfonamides is 1. The Bertz CT molecular complexity index is 898. The summed E-state index contributed by atoms with van der Waals surface area (Å²) in [5.74, 6) is 0.572. The summed E-state index contributed by atoms with van der Waals surface area (Å²) in [5, 5.41) is 0.404. The average molecular weight is 423 g/mol. The Morgan fingerprint density at radius 1 is 1.04 bits per heavy atom. The first-order valence-corrected chi connectivity index (χ1v) is 11.1. The number of ether oxygens (including phenoxy) is 1. The SMILES string of the molecule is O=Cc1ccc(OCCN2CCN(S(=O)(=O)Cc3ccccc3)CC2)c(Cl)c1. The van der Waals surface area contributed by atoms with E-state index in [1.54, 1.807) is 22.5 Å². The van der Waals surface area contributed by atoms with E-state index >= 15 is 0 Å². The third-order valence-corrected chi connectivity index (χ3v) is 6.82. The molecular weight excluding hydrogens is 400 g/mol. The van der Waals surface area contributed by atoms with Crippen molar-refractivity contribution in [3.05, 3.63) is 64.7 Å². The zero-order chi connectivity index (χ0) is 20.0. The van der Waals surface area contributed by atoms with E-state index in [-0.39, 0.29) is 5.75 Å². The molecule has 0 spiro atoms. The molecule has 1 heterocycles. The standard InChI is InChI=1S/C20H23ClN2O4S/c21-19-14-18(15-24)6-7-20(19)27-13-12-22-8-10-23(11-9-22)28(25,26)16-17-4-2-1-3-5-17/h1-7,14-15H,8-13,16H2. The van der Waals surface area contributed by atoms with Gasteiger partial charge in [-0.2, -0.15) is 4.31 Å². The van der Waals surface area contributed by atoms with E-state index < -0.39 is 10.0 Å². The lowest BCUT2D eigenvalue weighted by Crippen LogP contribution is -2.49. The predicted molar refractivity (Wildman–Crippen MR) is 109 cm³/mol. The molecule has 1 fully saturated rings. The van der Waals surface area contributed by atoms with Crippen LogP contribution in [0.25, 0.3) is 0 Å². The van der Waals surface area contributed by atoms with Gasteiger partial charge in [-0.15, -0.1) is 0 Å². The molecule has 0 saturated carbocycles. The second-order valence-corrected chi connectivity index (χ2v) is 9.01. The van der Waals surface area contributed by atoms with Crippen molar-refractivity contribution in [1.82, 2.24) is 9.21 Å². The Kier molecular flexibility index (Phi) is 7.07. The Balaban J connectivity index is 1.44. The molecule has 8 heteroatoms. The zero-order valence-electron chi connectivity index (χ0n) is 15.5. The van der Waals surface area contributed by atoms with Crippen molar-refractivity contribution in [3.63, 3.8) is 0 Å². The van der Waals surface area contributed by atoms with Crippen molar-refractivity contribution in [2.75, 3.05) is 39.3 Å². The van der Waals surface area contributed by atoms with Crippen LogP contribution in [0.1, 0.15) is 15.9 Å². The number of nitrogens with zero attached hydrogens (tertiary/aromatic N) is 2. The molecular formula is C20H23ClN2O4S. The number of aldehydes is 1. The molecule has 1 aliphatic rings. The van der Waals surface area contributed by atoms with Crippen LogP contribution in [0.3, 0.4) is 0 Å². The number of rotatable bonds is 8. The van der Waals surface area contributed by atoms with Crippen molar-refractivity contribution in [2.45, 2.75) is 5.75 Å². The molecule has 150 valence electrons. The maximum atomic E-state index is 12.6. The summed E-state index contributed by atoms with van der Waals surface area (Å²) < 4.78 is 32.4. The molecule has 0 N–H and O–H groups in total. The predicted octanol–water partition coefficient (Wildman–Crippen LogP) is 2.68. The van der Waals surface area contributed by atoms with Gasteiger partial charge in [-0.25, -0.2) is 8.42 Å². The van der Waals surface area contributed by atoms with Crippen LogP contribution in [0.4, 0.5) is 0 Å². The highest BCUT2D eigenvalue weighted by atomic mass is 35.5. The lowest BCUT2D eigenvalue weighted by atomic mass is 10.2. The van der Waals surface area contributed by atoms with Gasteiger partial charge in [0.1, 0.15) is 18.6 Å². The Labute approximate surface area is 170 Å². The van der Waals surface area contributed by atoms with E-state index in [0.717, 1.165) is 11.8 Å². The van der Waals surface area contributed by atoms with E-state index in [1.165, 1.54) is 0 Å². The summed E-state index contributed by atoms with van der Waals surface area (Å²) in [4.78, 5) is 12.9. The Morgan fingerprint density at radius 2 is 1.75 bits per heavy atom. The summed E-state index contributed by atoms with van der Waals surface area (Å²) in [6.45, 7) is 3.40.